The molecule has 23 heavy (non-hydrogen) atoms. The standard InChI is InChI=1S/C15H17F3N2O3/c1-14(2,3)23-13(21)20-12(7-8-19)10-5-4-6-11(9-10)22-15(16,17)18/h4-6,9,12H,7H2,1-3H3,(H,20,21). The Kier molecular flexibility index (Phi) is 5.85. The van der Waals surface area contributed by atoms with Crippen LogP contribution in [0.3, 0.4) is 0 Å². The lowest BCUT2D eigenvalue weighted by Gasteiger charge is -2.23. The summed E-state index contributed by atoms with van der Waals surface area (Å²) < 4.78 is 45.7. The summed E-state index contributed by atoms with van der Waals surface area (Å²) >= 11 is 0. The van der Waals surface area contributed by atoms with E-state index < -0.39 is 29.8 Å². The lowest BCUT2D eigenvalue weighted by Crippen LogP contribution is -2.35. The Balaban J connectivity index is 2.91. The maximum atomic E-state index is 12.3. The molecule has 1 aromatic carbocycles. The second-order valence-electron chi connectivity index (χ2n) is 5.68. The number of benzene rings is 1. The Morgan fingerprint density at radius 3 is 2.52 bits per heavy atom. The van der Waals surface area contributed by atoms with Crippen LogP contribution in [-0.2, 0) is 4.74 Å². The SMILES string of the molecule is CC(C)(C)OC(=O)NC(CC#N)c1cccc(OC(F)(F)F)c1. The van der Waals surface area contributed by atoms with Crippen molar-refractivity contribution in [2.45, 2.75) is 45.2 Å². The van der Waals surface area contributed by atoms with E-state index in [2.05, 4.69) is 10.1 Å². The topological polar surface area (TPSA) is 71.3 Å². The van der Waals surface area contributed by atoms with Gasteiger partial charge in [0.15, 0.2) is 0 Å². The molecule has 0 fully saturated rings. The Bertz CT molecular complexity index is 589. The first-order chi connectivity index (χ1) is 10.5. The van der Waals surface area contributed by atoms with Crippen molar-refractivity contribution < 1.29 is 27.4 Å². The molecule has 1 atom stereocenters. The van der Waals surface area contributed by atoms with Gasteiger partial charge in [0.25, 0.3) is 0 Å². The number of ether oxygens (including phenoxy) is 2. The van der Waals surface area contributed by atoms with E-state index in [1.807, 2.05) is 6.07 Å². The van der Waals surface area contributed by atoms with E-state index in [9.17, 15) is 18.0 Å². The van der Waals surface area contributed by atoms with Crippen LogP contribution in [0.1, 0.15) is 38.8 Å². The number of alkyl halides is 3. The van der Waals surface area contributed by atoms with Crippen LogP contribution in [0.25, 0.3) is 0 Å². The van der Waals surface area contributed by atoms with Crippen LogP contribution in [0, 0.1) is 11.3 Å². The fourth-order valence-corrected chi connectivity index (χ4v) is 1.72. The second-order valence-corrected chi connectivity index (χ2v) is 5.68. The average molecular weight is 330 g/mol. The number of carbonyl (C=O) groups excluding carboxylic acids is 1. The number of hydrogen-bond donors (Lipinski definition) is 1. The van der Waals surface area contributed by atoms with Crippen LogP contribution in [0.5, 0.6) is 5.75 Å². The molecule has 0 saturated carbocycles. The molecule has 8 heteroatoms. The smallest absolute Gasteiger partial charge is 0.444 e. The van der Waals surface area contributed by atoms with Gasteiger partial charge in [0.2, 0.25) is 0 Å². The van der Waals surface area contributed by atoms with Gasteiger partial charge in [0.05, 0.1) is 18.5 Å². The molecule has 0 aliphatic heterocycles. The lowest BCUT2D eigenvalue weighted by atomic mass is 10.0. The third-order valence-corrected chi connectivity index (χ3v) is 2.48. The van der Waals surface area contributed by atoms with Crippen LogP contribution >= 0.6 is 0 Å². The van der Waals surface area contributed by atoms with E-state index in [0.717, 1.165) is 12.1 Å². The van der Waals surface area contributed by atoms with Gasteiger partial charge in [-0.2, -0.15) is 5.26 Å². The predicted octanol–water partition coefficient (Wildman–Crippen LogP) is 4.06. The minimum absolute atomic E-state index is 0.130. The van der Waals surface area contributed by atoms with Crippen molar-refractivity contribution in [1.29, 1.82) is 5.26 Å². The van der Waals surface area contributed by atoms with Crippen molar-refractivity contribution in [3.63, 3.8) is 0 Å². The van der Waals surface area contributed by atoms with E-state index in [0.29, 0.717) is 5.56 Å². The molecule has 0 aromatic heterocycles. The number of nitrogens with zero attached hydrogens (tertiary/aromatic N) is 1. The average Bonchev–Trinajstić information content (AvgIpc) is 2.34. The number of alkyl carbamates (subject to hydrolysis) is 1. The van der Waals surface area contributed by atoms with E-state index in [1.54, 1.807) is 20.8 Å². The number of nitriles is 1. The van der Waals surface area contributed by atoms with Gasteiger partial charge < -0.3 is 14.8 Å². The molecule has 0 spiro atoms. The molecular formula is C15H17F3N2O3. The Hall–Kier alpha value is -2.43. The Morgan fingerprint density at radius 1 is 1.35 bits per heavy atom. The summed E-state index contributed by atoms with van der Waals surface area (Å²) in [5.74, 6) is -0.427. The van der Waals surface area contributed by atoms with E-state index >= 15 is 0 Å². The molecule has 1 unspecified atom stereocenters. The number of hydrogen-bond acceptors (Lipinski definition) is 4. The third kappa shape index (κ3) is 7.40. The number of halogens is 3. The molecule has 1 amide bonds. The summed E-state index contributed by atoms with van der Waals surface area (Å²) in [7, 11) is 0. The molecular weight excluding hydrogens is 313 g/mol. The third-order valence-electron chi connectivity index (χ3n) is 2.48. The number of rotatable bonds is 4. The molecule has 1 rings (SSSR count). The zero-order valence-corrected chi connectivity index (χ0v) is 12.9. The van der Waals surface area contributed by atoms with Crippen molar-refractivity contribution >= 4 is 6.09 Å². The van der Waals surface area contributed by atoms with Crippen molar-refractivity contribution in [3.05, 3.63) is 29.8 Å². The minimum atomic E-state index is -4.82. The van der Waals surface area contributed by atoms with Crippen LogP contribution in [0.15, 0.2) is 24.3 Å². The maximum Gasteiger partial charge on any atom is 0.573 e. The Morgan fingerprint density at radius 2 is 2.00 bits per heavy atom. The van der Waals surface area contributed by atoms with Gasteiger partial charge in [-0.15, -0.1) is 13.2 Å². The van der Waals surface area contributed by atoms with Crippen molar-refractivity contribution in [2.75, 3.05) is 0 Å². The quantitative estimate of drug-likeness (QED) is 0.903. The molecule has 0 bridgehead atoms. The largest absolute Gasteiger partial charge is 0.573 e. The molecule has 1 N–H and O–H groups in total. The molecule has 0 saturated heterocycles. The van der Waals surface area contributed by atoms with Gasteiger partial charge in [-0.1, -0.05) is 12.1 Å². The molecule has 1 aromatic rings. The summed E-state index contributed by atoms with van der Waals surface area (Å²) in [6, 6.07) is 6.14. The zero-order chi connectivity index (χ0) is 17.7. The molecule has 126 valence electrons. The van der Waals surface area contributed by atoms with Crippen LogP contribution in [0.4, 0.5) is 18.0 Å². The summed E-state index contributed by atoms with van der Waals surface area (Å²) in [6.45, 7) is 5.01. The zero-order valence-electron chi connectivity index (χ0n) is 12.9. The maximum absolute atomic E-state index is 12.3. The van der Waals surface area contributed by atoms with Gasteiger partial charge >= 0.3 is 12.5 Å². The van der Waals surface area contributed by atoms with E-state index in [-0.39, 0.29) is 6.42 Å². The van der Waals surface area contributed by atoms with Gasteiger partial charge in [-0.25, -0.2) is 4.79 Å². The van der Waals surface area contributed by atoms with Gasteiger partial charge in [0.1, 0.15) is 11.4 Å². The first-order valence-corrected chi connectivity index (χ1v) is 6.72. The fourth-order valence-electron chi connectivity index (χ4n) is 1.72. The monoisotopic (exact) mass is 330 g/mol. The number of amides is 1. The lowest BCUT2D eigenvalue weighted by molar-refractivity contribution is -0.274. The van der Waals surface area contributed by atoms with E-state index in [1.165, 1.54) is 12.1 Å². The first-order valence-electron chi connectivity index (χ1n) is 6.72. The molecule has 0 aliphatic rings. The van der Waals surface area contributed by atoms with Crippen molar-refractivity contribution in [1.82, 2.24) is 5.32 Å². The number of carbonyl (C=O) groups is 1. The van der Waals surface area contributed by atoms with Gasteiger partial charge in [0, 0.05) is 0 Å². The summed E-state index contributed by atoms with van der Waals surface area (Å²) in [4.78, 5) is 11.8. The van der Waals surface area contributed by atoms with Crippen LogP contribution in [-0.4, -0.2) is 18.1 Å². The number of nitrogens with one attached hydrogen (secondary N) is 1. The summed E-state index contributed by atoms with van der Waals surface area (Å²) in [5.41, 5.74) is -0.429. The fraction of sp³-hybridized carbons (Fsp3) is 0.467. The highest BCUT2D eigenvalue weighted by Crippen LogP contribution is 2.26. The highest BCUT2D eigenvalue weighted by atomic mass is 19.4. The molecule has 0 aliphatic carbocycles. The summed E-state index contributed by atoms with van der Waals surface area (Å²) in [6.07, 6.45) is -5.71. The molecule has 0 radical (unpaired) electrons. The van der Waals surface area contributed by atoms with Crippen LogP contribution in [0.2, 0.25) is 0 Å². The minimum Gasteiger partial charge on any atom is -0.444 e. The summed E-state index contributed by atoms with van der Waals surface area (Å²) in [5, 5.41) is 11.3. The van der Waals surface area contributed by atoms with E-state index in [4.69, 9.17) is 10.00 Å². The predicted molar refractivity (Wildman–Crippen MR) is 75.5 cm³/mol. The molecule has 5 nitrogen and oxygen atoms in total. The highest BCUT2D eigenvalue weighted by Gasteiger charge is 2.31. The highest BCUT2D eigenvalue weighted by molar-refractivity contribution is 5.68. The van der Waals surface area contributed by atoms with Crippen molar-refractivity contribution in [2.24, 2.45) is 0 Å². The molecule has 0 heterocycles. The normalized spacial score (nSPS) is 12.9. The first kappa shape index (κ1) is 18.6. The van der Waals surface area contributed by atoms with Gasteiger partial charge in [-0.3, -0.25) is 0 Å². The Labute approximate surface area is 132 Å². The second kappa shape index (κ2) is 7.22. The van der Waals surface area contributed by atoms with Crippen LogP contribution < -0.4 is 10.1 Å². The van der Waals surface area contributed by atoms with Gasteiger partial charge in [-0.05, 0) is 38.5 Å². The van der Waals surface area contributed by atoms with Crippen molar-refractivity contribution in [3.8, 4) is 11.8 Å².